The zero-order valence-corrected chi connectivity index (χ0v) is 21.9. The lowest BCUT2D eigenvalue weighted by atomic mass is 9.79. The normalized spacial score (nSPS) is 22.1. The molecule has 0 N–H and O–H groups in total. The van der Waals surface area contributed by atoms with Gasteiger partial charge in [-0.3, -0.25) is 9.69 Å². The van der Waals surface area contributed by atoms with Crippen LogP contribution in [0.5, 0.6) is 0 Å². The summed E-state index contributed by atoms with van der Waals surface area (Å²) in [6.07, 6.45) is 3.91. The van der Waals surface area contributed by atoms with Crippen LogP contribution in [0.1, 0.15) is 56.2 Å². The number of nitrogens with zero attached hydrogens (tertiary/aromatic N) is 3. The highest BCUT2D eigenvalue weighted by atomic mass is 32.2. The fourth-order valence-corrected chi connectivity index (χ4v) is 5.82. The van der Waals surface area contributed by atoms with E-state index in [-0.39, 0.29) is 11.4 Å². The predicted molar refractivity (Wildman–Crippen MR) is 144 cm³/mol. The number of amidine groups is 1. The summed E-state index contributed by atoms with van der Waals surface area (Å²) in [5.41, 5.74) is 5.90. The van der Waals surface area contributed by atoms with E-state index >= 15 is 0 Å². The molecule has 1 saturated heterocycles. The Morgan fingerprint density at radius 3 is 2.68 bits per heavy atom. The van der Waals surface area contributed by atoms with Crippen LogP contribution < -0.4 is 4.90 Å². The Morgan fingerprint density at radius 1 is 1.24 bits per heavy atom. The number of carbonyl (C=O) groups excluding carboxylic acids is 1. The molecule has 6 heteroatoms. The van der Waals surface area contributed by atoms with Crippen molar-refractivity contribution in [2.75, 3.05) is 32.2 Å². The minimum atomic E-state index is 0.0132. The summed E-state index contributed by atoms with van der Waals surface area (Å²) < 4.78 is 5.21. The number of hydrogen-bond acceptors (Lipinski definition) is 5. The second kappa shape index (κ2) is 9.96. The summed E-state index contributed by atoms with van der Waals surface area (Å²) in [6, 6.07) is 14.4. The van der Waals surface area contributed by atoms with E-state index < -0.39 is 0 Å². The number of rotatable bonds is 6. The average Bonchev–Trinajstić information content (AvgIpc) is 3.08. The maximum Gasteiger partial charge on any atom is 0.266 e. The molecule has 2 heterocycles. The number of benzene rings is 2. The molecular weight excluding hydrogens is 442 g/mol. The number of anilines is 1. The first-order valence-corrected chi connectivity index (χ1v) is 12.8. The highest BCUT2D eigenvalue weighted by Gasteiger charge is 2.36. The van der Waals surface area contributed by atoms with E-state index in [4.69, 9.17) is 9.73 Å². The summed E-state index contributed by atoms with van der Waals surface area (Å²) in [6.45, 7) is 10.2. The molecule has 1 amide bonds. The van der Waals surface area contributed by atoms with Gasteiger partial charge in [-0.25, -0.2) is 4.99 Å². The second-order valence-electron chi connectivity index (χ2n) is 9.89. The van der Waals surface area contributed by atoms with Crippen LogP contribution in [0.2, 0.25) is 0 Å². The van der Waals surface area contributed by atoms with E-state index in [0.717, 1.165) is 29.3 Å². The summed E-state index contributed by atoms with van der Waals surface area (Å²) in [4.78, 5) is 23.1. The van der Waals surface area contributed by atoms with Gasteiger partial charge in [-0.05, 0) is 98.3 Å². The quantitative estimate of drug-likeness (QED) is 0.359. The first-order chi connectivity index (χ1) is 16.2. The van der Waals surface area contributed by atoms with Gasteiger partial charge in [-0.1, -0.05) is 25.1 Å². The molecule has 1 atom stereocenters. The lowest BCUT2D eigenvalue weighted by molar-refractivity contribution is -0.122. The van der Waals surface area contributed by atoms with Crippen molar-refractivity contribution in [1.29, 1.82) is 0 Å². The molecule has 2 aliphatic heterocycles. The number of amides is 1. The molecule has 0 bridgehead atoms. The zero-order chi connectivity index (χ0) is 24.5. The molecule has 2 aliphatic rings. The third-order valence-electron chi connectivity index (χ3n) is 6.91. The Kier molecular flexibility index (Phi) is 7.20. The van der Waals surface area contributed by atoms with Crippen molar-refractivity contribution in [2.45, 2.75) is 52.0 Å². The Hall–Kier alpha value is -2.57. The number of carbonyl (C=O) groups is 1. The minimum absolute atomic E-state index is 0.0132. The van der Waals surface area contributed by atoms with Crippen molar-refractivity contribution < 1.29 is 9.53 Å². The molecule has 1 fully saturated rings. The van der Waals surface area contributed by atoms with E-state index in [9.17, 15) is 4.79 Å². The van der Waals surface area contributed by atoms with Gasteiger partial charge in [0.1, 0.15) is 0 Å². The molecule has 5 nitrogen and oxygen atoms in total. The van der Waals surface area contributed by atoms with Crippen molar-refractivity contribution in [3.8, 4) is 0 Å². The molecule has 0 saturated carbocycles. The molecule has 34 heavy (non-hydrogen) atoms. The lowest BCUT2D eigenvalue weighted by Crippen LogP contribution is -2.45. The summed E-state index contributed by atoms with van der Waals surface area (Å²) in [7, 11) is 3.87. The molecule has 0 spiro atoms. The van der Waals surface area contributed by atoms with Crippen molar-refractivity contribution in [3.05, 3.63) is 64.1 Å². The SMILES string of the molecule is COCCCN1C(=O)/C(=C/c2cc3c(cc2C)N(C)C(C)(C)C[C@@H]3C)SC1=Nc1ccccc1. The van der Waals surface area contributed by atoms with Crippen LogP contribution in [0.4, 0.5) is 11.4 Å². The topological polar surface area (TPSA) is 45.1 Å². The Balaban J connectivity index is 1.69. The average molecular weight is 478 g/mol. The third kappa shape index (κ3) is 4.93. The molecule has 2 aromatic rings. The molecule has 180 valence electrons. The van der Waals surface area contributed by atoms with Gasteiger partial charge in [0.15, 0.2) is 5.17 Å². The smallest absolute Gasteiger partial charge is 0.266 e. The van der Waals surface area contributed by atoms with Gasteiger partial charge in [0.25, 0.3) is 5.91 Å². The van der Waals surface area contributed by atoms with E-state index in [0.29, 0.717) is 24.0 Å². The van der Waals surface area contributed by atoms with Gasteiger partial charge in [-0.2, -0.15) is 0 Å². The summed E-state index contributed by atoms with van der Waals surface area (Å²) >= 11 is 1.46. The molecule has 0 radical (unpaired) electrons. The highest BCUT2D eigenvalue weighted by Crippen LogP contribution is 2.44. The monoisotopic (exact) mass is 477 g/mol. The van der Waals surface area contributed by atoms with Crippen molar-refractivity contribution in [3.63, 3.8) is 0 Å². The number of fused-ring (bicyclic) bond motifs is 1. The van der Waals surface area contributed by atoms with Gasteiger partial charge >= 0.3 is 0 Å². The Labute approximate surface area is 207 Å². The van der Waals surface area contributed by atoms with Crippen molar-refractivity contribution >= 4 is 40.3 Å². The molecule has 0 aliphatic carbocycles. The van der Waals surface area contributed by atoms with E-state index in [1.807, 2.05) is 36.4 Å². The van der Waals surface area contributed by atoms with Crippen LogP contribution in [0.15, 0.2) is 52.4 Å². The lowest BCUT2D eigenvalue weighted by Gasteiger charge is -2.45. The van der Waals surface area contributed by atoms with Gasteiger partial charge < -0.3 is 9.64 Å². The first kappa shape index (κ1) is 24.6. The predicted octanol–water partition coefficient (Wildman–Crippen LogP) is 6.36. The van der Waals surface area contributed by atoms with Crippen LogP contribution in [0.25, 0.3) is 6.08 Å². The second-order valence-corrected chi connectivity index (χ2v) is 10.9. The minimum Gasteiger partial charge on any atom is -0.385 e. The van der Waals surface area contributed by atoms with E-state index in [2.05, 4.69) is 51.8 Å². The van der Waals surface area contributed by atoms with Gasteiger partial charge in [0.2, 0.25) is 0 Å². The Bertz CT molecular complexity index is 1120. The van der Waals surface area contributed by atoms with E-state index in [1.54, 1.807) is 12.0 Å². The van der Waals surface area contributed by atoms with Crippen LogP contribution in [0.3, 0.4) is 0 Å². The largest absolute Gasteiger partial charge is 0.385 e. The maximum atomic E-state index is 13.4. The zero-order valence-electron chi connectivity index (χ0n) is 21.1. The fourth-order valence-electron chi connectivity index (χ4n) is 4.80. The summed E-state index contributed by atoms with van der Waals surface area (Å²) in [5, 5.41) is 0.726. The number of aliphatic imine (C=N–C) groups is 1. The molecular formula is C28H35N3O2S. The molecule has 2 aromatic carbocycles. The van der Waals surface area contributed by atoms with Crippen molar-refractivity contribution in [1.82, 2.24) is 4.90 Å². The van der Waals surface area contributed by atoms with Crippen LogP contribution >= 0.6 is 11.8 Å². The highest BCUT2D eigenvalue weighted by molar-refractivity contribution is 8.18. The maximum absolute atomic E-state index is 13.4. The van der Waals surface area contributed by atoms with Gasteiger partial charge in [0, 0.05) is 38.5 Å². The number of aryl methyl sites for hydroxylation is 1. The number of para-hydroxylation sites is 1. The number of thioether (sulfide) groups is 1. The van der Waals surface area contributed by atoms with E-state index in [1.165, 1.54) is 28.6 Å². The fraction of sp³-hybridized carbons (Fsp3) is 0.429. The first-order valence-electron chi connectivity index (χ1n) is 11.9. The van der Waals surface area contributed by atoms with Crippen LogP contribution in [0, 0.1) is 6.92 Å². The van der Waals surface area contributed by atoms with Crippen LogP contribution in [-0.2, 0) is 9.53 Å². The van der Waals surface area contributed by atoms with Crippen molar-refractivity contribution in [2.24, 2.45) is 4.99 Å². The third-order valence-corrected chi connectivity index (χ3v) is 7.91. The van der Waals surface area contributed by atoms with Crippen LogP contribution in [-0.4, -0.2) is 48.8 Å². The summed E-state index contributed by atoms with van der Waals surface area (Å²) in [5.74, 6) is 0.478. The standard InChI is InChI=1S/C28H35N3O2S/c1-19-15-24-23(20(2)18-28(3,4)30(24)5)16-21(19)17-25-26(32)31(13-10-14-33-6)27(34-25)29-22-11-8-7-9-12-22/h7-9,11-12,15-17,20H,10,13-14,18H2,1-6H3/b25-17-,29-27?/t20-/m0/s1. The molecule has 0 aromatic heterocycles. The number of ether oxygens (including phenoxy) is 1. The Morgan fingerprint density at radius 2 is 1.97 bits per heavy atom. The van der Waals surface area contributed by atoms with Gasteiger partial charge in [-0.15, -0.1) is 0 Å². The molecule has 0 unspecified atom stereocenters. The number of methoxy groups -OCH3 is 1. The molecule has 4 rings (SSSR count). The van der Waals surface area contributed by atoms with Gasteiger partial charge in [0.05, 0.1) is 10.6 Å². The number of hydrogen-bond donors (Lipinski definition) is 0.